The highest BCUT2D eigenvalue weighted by molar-refractivity contribution is 7.99. The van der Waals surface area contributed by atoms with Crippen LogP contribution in [0.1, 0.15) is 22.5 Å². The normalized spacial score (nSPS) is 11.1. The van der Waals surface area contributed by atoms with Gasteiger partial charge in [0.25, 0.3) is 5.69 Å². The predicted octanol–water partition coefficient (Wildman–Crippen LogP) is 5.04. The van der Waals surface area contributed by atoms with E-state index in [2.05, 4.69) is 10.5 Å². The van der Waals surface area contributed by atoms with Gasteiger partial charge in [0.05, 0.1) is 27.6 Å². The summed E-state index contributed by atoms with van der Waals surface area (Å²) >= 11 is 7.74. The van der Waals surface area contributed by atoms with E-state index in [1.54, 1.807) is 18.3 Å². The van der Waals surface area contributed by atoms with E-state index in [0.717, 1.165) is 28.2 Å². The average Bonchev–Trinajstić information content (AvgIpc) is 3.02. The molecule has 0 unspecified atom stereocenters. The number of hydrazone groups is 1. The Morgan fingerprint density at radius 1 is 1.23 bits per heavy atom. The molecular formula is C22H21ClN4O3S. The van der Waals surface area contributed by atoms with Crippen LogP contribution in [-0.2, 0) is 10.5 Å². The Balaban J connectivity index is 1.53. The fourth-order valence-corrected chi connectivity index (χ4v) is 4.10. The first-order valence-electron chi connectivity index (χ1n) is 9.43. The van der Waals surface area contributed by atoms with Crippen molar-refractivity contribution >= 4 is 41.2 Å². The number of carbonyl (C=O) groups excluding carboxylic acids is 1. The molecule has 2 aromatic carbocycles. The van der Waals surface area contributed by atoms with Crippen molar-refractivity contribution in [3.05, 3.63) is 92.2 Å². The molecule has 0 aliphatic heterocycles. The van der Waals surface area contributed by atoms with Crippen molar-refractivity contribution in [3.63, 3.8) is 0 Å². The maximum atomic E-state index is 12.0. The van der Waals surface area contributed by atoms with Gasteiger partial charge in [0, 0.05) is 34.8 Å². The lowest BCUT2D eigenvalue weighted by Gasteiger charge is -2.11. The van der Waals surface area contributed by atoms with Crippen molar-refractivity contribution in [3.8, 4) is 5.69 Å². The van der Waals surface area contributed by atoms with Crippen LogP contribution < -0.4 is 5.43 Å². The fraction of sp³-hybridized carbons (Fsp3) is 0.182. The zero-order valence-corrected chi connectivity index (χ0v) is 18.6. The number of nitro groups is 1. The van der Waals surface area contributed by atoms with Gasteiger partial charge < -0.3 is 4.57 Å². The van der Waals surface area contributed by atoms with Crippen molar-refractivity contribution in [1.29, 1.82) is 0 Å². The van der Waals surface area contributed by atoms with Crippen LogP contribution in [0.5, 0.6) is 0 Å². The minimum atomic E-state index is -0.436. The molecule has 1 aromatic heterocycles. The number of carbonyl (C=O) groups is 1. The highest BCUT2D eigenvalue weighted by Gasteiger charge is 2.12. The number of aryl methyl sites for hydroxylation is 1. The van der Waals surface area contributed by atoms with Crippen molar-refractivity contribution in [1.82, 2.24) is 9.99 Å². The van der Waals surface area contributed by atoms with Crippen molar-refractivity contribution < 1.29 is 9.72 Å². The second-order valence-corrected chi connectivity index (χ2v) is 8.22. The number of hydrogen-bond acceptors (Lipinski definition) is 5. The van der Waals surface area contributed by atoms with E-state index in [0.29, 0.717) is 10.8 Å². The summed E-state index contributed by atoms with van der Waals surface area (Å²) in [5.41, 5.74) is 7.26. The third kappa shape index (κ3) is 5.74. The molecule has 3 rings (SSSR count). The first-order valence-corrected chi connectivity index (χ1v) is 11.0. The number of aromatic nitrogens is 1. The number of amides is 1. The smallest absolute Gasteiger partial charge is 0.269 e. The number of nitrogens with one attached hydrogen (secondary N) is 1. The number of thioether (sulfide) groups is 1. The third-order valence-corrected chi connectivity index (χ3v) is 5.93. The molecule has 7 nitrogen and oxygen atoms in total. The Labute approximate surface area is 189 Å². The molecule has 0 atom stereocenters. The first kappa shape index (κ1) is 22.6. The van der Waals surface area contributed by atoms with Gasteiger partial charge in [-0.1, -0.05) is 35.9 Å². The zero-order valence-electron chi connectivity index (χ0n) is 17.0. The number of rotatable bonds is 8. The Hall–Kier alpha value is -3.10. The van der Waals surface area contributed by atoms with Gasteiger partial charge in [-0.2, -0.15) is 5.10 Å². The second-order valence-electron chi connectivity index (χ2n) is 6.82. The molecule has 1 N–H and O–H groups in total. The molecule has 0 aliphatic rings. The Morgan fingerprint density at radius 2 is 1.94 bits per heavy atom. The molecule has 1 amide bonds. The largest absolute Gasteiger partial charge is 0.316 e. The third-order valence-electron chi connectivity index (χ3n) is 4.61. The second kappa shape index (κ2) is 10.3. The monoisotopic (exact) mass is 456 g/mol. The summed E-state index contributed by atoms with van der Waals surface area (Å²) in [4.78, 5) is 22.3. The summed E-state index contributed by atoms with van der Waals surface area (Å²) < 4.78 is 2.05. The van der Waals surface area contributed by atoms with Crippen LogP contribution >= 0.6 is 23.4 Å². The number of para-hydroxylation sites is 1. The number of nitro benzene ring substituents is 1. The summed E-state index contributed by atoms with van der Waals surface area (Å²) in [5.74, 6) is 0.587. The highest BCUT2D eigenvalue weighted by atomic mass is 35.5. The van der Waals surface area contributed by atoms with Crippen molar-refractivity contribution in [2.45, 2.75) is 19.6 Å². The van der Waals surface area contributed by atoms with E-state index in [1.165, 1.54) is 23.9 Å². The van der Waals surface area contributed by atoms with Gasteiger partial charge in [-0.25, -0.2) is 5.43 Å². The molecule has 0 radical (unpaired) electrons. The van der Waals surface area contributed by atoms with Crippen LogP contribution in [0.3, 0.4) is 0 Å². The maximum Gasteiger partial charge on any atom is 0.269 e. The lowest BCUT2D eigenvalue weighted by Crippen LogP contribution is -2.19. The van der Waals surface area contributed by atoms with E-state index in [4.69, 9.17) is 11.6 Å². The SMILES string of the molecule is Cc1cc(C=NNC(=O)CSCc2ccc([N+](=O)[O-])cc2)c(C)n1-c1ccccc1Cl. The van der Waals surface area contributed by atoms with Crippen molar-refractivity contribution in [2.24, 2.45) is 5.10 Å². The topological polar surface area (TPSA) is 89.5 Å². The maximum absolute atomic E-state index is 12.0. The molecule has 0 spiro atoms. The molecule has 9 heteroatoms. The summed E-state index contributed by atoms with van der Waals surface area (Å²) in [6.45, 7) is 3.96. The summed E-state index contributed by atoms with van der Waals surface area (Å²) in [6, 6.07) is 15.9. The van der Waals surface area contributed by atoms with Gasteiger partial charge in [-0.05, 0) is 37.6 Å². The van der Waals surface area contributed by atoms with Gasteiger partial charge in [0.2, 0.25) is 5.91 Å². The molecule has 0 fully saturated rings. The first-order chi connectivity index (χ1) is 14.9. The number of benzene rings is 2. The van der Waals surface area contributed by atoms with E-state index >= 15 is 0 Å². The standard InChI is InChI=1S/C22H21ClN4O3S/c1-15-11-18(16(2)26(15)21-6-4-3-5-20(21)23)12-24-25-22(28)14-31-13-17-7-9-19(10-8-17)27(29)30/h3-12H,13-14H2,1-2H3,(H,25,28). The molecular weight excluding hydrogens is 436 g/mol. The Morgan fingerprint density at radius 3 is 2.61 bits per heavy atom. The summed E-state index contributed by atoms with van der Waals surface area (Å²) in [7, 11) is 0. The van der Waals surface area contributed by atoms with Gasteiger partial charge in [0.1, 0.15) is 0 Å². The Bertz CT molecular complexity index is 1130. The molecule has 31 heavy (non-hydrogen) atoms. The zero-order chi connectivity index (χ0) is 22.4. The Kier molecular flexibility index (Phi) is 7.49. The van der Waals surface area contributed by atoms with Crippen LogP contribution in [0, 0.1) is 24.0 Å². The molecule has 3 aromatic rings. The van der Waals surface area contributed by atoms with Crippen molar-refractivity contribution in [2.75, 3.05) is 5.75 Å². The van der Waals surface area contributed by atoms with Crippen LogP contribution in [0.2, 0.25) is 5.02 Å². The van der Waals surface area contributed by atoms with E-state index in [9.17, 15) is 14.9 Å². The summed E-state index contributed by atoms with van der Waals surface area (Å²) in [5, 5.41) is 15.4. The van der Waals surface area contributed by atoms with E-state index in [1.807, 2.05) is 48.7 Å². The van der Waals surface area contributed by atoms with Gasteiger partial charge >= 0.3 is 0 Å². The predicted molar refractivity (Wildman–Crippen MR) is 125 cm³/mol. The molecule has 0 saturated carbocycles. The minimum absolute atomic E-state index is 0.0507. The summed E-state index contributed by atoms with van der Waals surface area (Å²) in [6.07, 6.45) is 1.62. The van der Waals surface area contributed by atoms with Crippen LogP contribution in [0.15, 0.2) is 59.7 Å². The molecule has 160 valence electrons. The average molecular weight is 457 g/mol. The molecule has 0 aliphatic carbocycles. The number of nitrogens with zero attached hydrogens (tertiary/aromatic N) is 3. The number of halogens is 1. The lowest BCUT2D eigenvalue weighted by atomic mass is 10.2. The minimum Gasteiger partial charge on any atom is -0.316 e. The highest BCUT2D eigenvalue weighted by Crippen LogP contribution is 2.25. The molecule has 0 saturated heterocycles. The number of non-ortho nitro benzene ring substituents is 1. The van der Waals surface area contributed by atoms with E-state index in [-0.39, 0.29) is 17.3 Å². The van der Waals surface area contributed by atoms with Gasteiger partial charge in [-0.15, -0.1) is 11.8 Å². The number of hydrogen-bond donors (Lipinski definition) is 1. The van der Waals surface area contributed by atoms with E-state index < -0.39 is 4.92 Å². The van der Waals surface area contributed by atoms with Gasteiger partial charge in [0.15, 0.2) is 0 Å². The molecule has 1 heterocycles. The quantitative estimate of drug-likeness (QED) is 0.292. The lowest BCUT2D eigenvalue weighted by molar-refractivity contribution is -0.384. The van der Waals surface area contributed by atoms with Crippen LogP contribution in [-0.4, -0.2) is 27.4 Å². The van der Waals surface area contributed by atoms with Gasteiger partial charge in [-0.3, -0.25) is 14.9 Å². The fourth-order valence-electron chi connectivity index (χ4n) is 3.10. The van der Waals surface area contributed by atoms with Crippen LogP contribution in [0.4, 0.5) is 5.69 Å². The van der Waals surface area contributed by atoms with Crippen LogP contribution in [0.25, 0.3) is 5.69 Å². The molecule has 0 bridgehead atoms.